The molecule has 6 heteroatoms. The number of hydrogen-bond acceptors (Lipinski definition) is 4. The molecule has 108 valence electrons. The van der Waals surface area contributed by atoms with Gasteiger partial charge in [-0.15, -0.1) is 0 Å². The van der Waals surface area contributed by atoms with Crippen LogP contribution < -0.4 is 5.32 Å². The Balaban J connectivity index is 2.52. The maximum atomic E-state index is 9.80. The molecule has 0 unspecified atom stereocenters. The van der Waals surface area contributed by atoms with E-state index in [1.165, 1.54) is 6.07 Å². The summed E-state index contributed by atoms with van der Waals surface area (Å²) in [5, 5.41) is 13.7. The monoisotopic (exact) mass is 307 g/mol. The van der Waals surface area contributed by atoms with E-state index < -0.39 is 0 Å². The van der Waals surface area contributed by atoms with Gasteiger partial charge >= 0.3 is 0 Å². The van der Waals surface area contributed by atoms with Gasteiger partial charge in [0.2, 0.25) is 0 Å². The van der Waals surface area contributed by atoms with E-state index in [4.69, 9.17) is 32.7 Å². The fourth-order valence-corrected chi connectivity index (χ4v) is 2.15. The van der Waals surface area contributed by atoms with Crippen LogP contribution in [0.4, 0.5) is 0 Å². The second-order valence-electron chi connectivity index (χ2n) is 3.87. The fraction of sp³-hybridized carbons (Fsp3) is 0.538. The maximum Gasteiger partial charge on any atom is 0.169 e. The number of phenols is 1. The molecule has 1 rings (SSSR count). The van der Waals surface area contributed by atoms with Gasteiger partial charge < -0.3 is 19.9 Å². The minimum Gasteiger partial charge on any atom is -0.506 e. The van der Waals surface area contributed by atoms with Crippen molar-refractivity contribution in [2.45, 2.75) is 26.7 Å². The molecule has 0 radical (unpaired) electrons. The van der Waals surface area contributed by atoms with Gasteiger partial charge in [0.25, 0.3) is 0 Å². The highest BCUT2D eigenvalue weighted by molar-refractivity contribution is 6.35. The first-order valence-corrected chi connectivity index (χ1v) is 6.94. The van der Waals surface area contributed by atoms with Crippen LogP contribution in [0.1, 0.15) is 19.4 Å². The number of rotatable bonds is 8. The van der Waals surface area contributed by atoms with Gasteiger partial charge in [0, 0.05) is 36.9 Å². The van der Waals surface area contributed by atoms with Crippen LogP contribution >= 0.6 is 23.2 Å². The molecule has 0 heterocycles. The van der Waals surface area contributed by atoms with Gasteiger partial charge in [0.1, 0.15) is 5.75 Å². The Morgan fingerprint density at radius 2 is 1.84 bits per heavy atom. The number of nitrogens with one attached hydrogen (secondary N) is 1. The Bertz CT molecular complexity index is 396. The molecule has 4 nitrogen and oxygen atoms in total. The highest BCUT2D eigenvalue weighted by Crippen LogP contribution is 2.30. The summed E-state index contributed by atoms with van der Waals surface area (Å²) in [6.07, 6.45) is -0.299. The zero-order chi connectivity index (χ0) is 14.3. The van der Waals surface area contributed by atoms with Crippen molar-refractivity contribution in [2.24, 2.45) is 0 Å². The molecule has 0 fully saturated rings. The minimum absolute atomic E-state index is 0.0444. The Morgan fingerprint density at radius 3 is 2.42 bits per heavy atom. The highest BCUT2D eigenvalue weighted by atomic mass is 35.5. The number of phenolic OH excluding ortho intramolecular Hbond substituents is 1. The van der Waals surface area contributed by atoms with Crippen molar-refractivity contribution >= 4 is 23.2 Å². The molecule has 0 aliphatic heterocycles. The van der Waals surface area contributed by atoms with Gasteiger partial charge in [-0.3, -0.25) is 0 Å². The molecule has 0 aromatic heterocycles. The van der Waals surface area contributed by atoms with Crippen LogP contribution in [0.25, 0.3) is 0 Å². The van der Waals surface area contributed by atoms with E-state index >= 15 is 0 Å². The maximum absolute atomic E-state index is 9.80. The van der Waals surface area contributed by atoms with Crippen LogP contribution in [0.15, 0.2) is 12.1 Å². The van der Waals surface area contributed by atoms with E-state index in [2.05, 4.69) is 5.32 Å². The van der Waals surface area contributed by atoms with E-state index in [9.17, 15) is 5.11 Å². The summed E-state index contributed by atoms with van der Waals surface area (Å²) >= 11 is 11.7. The lowest BCUT2D eigenvalue weighted by Crippen LogP contribution is -2.31. The van der Waals surface area contributed by atoms with Crippen LogP contribution in [0.3, 0.4) is 0 Å². The molecule has 0 aliphatic carbocycles. The molecule has 0 amide bonds. The highest BCUT2D eigenvalue weighted by Gasteiger charge is 2.10. The second kappa shape index (κ2) is 8.61. The summed E-state index contributed by atoms with van der Waals surface area (Å²) in [4.78, 5) is 0. The molecular formula is C13H19Cl2NO3. The van der Waals surface area contributed by atoms with Crippen molar-refractivity contribution in [2.75, 3.05) is 19.8 Å². The number of benzene rings is 1. The van der Waals surface area contributed by atoms with E-state index in [0.29, 0.717) is 36.9 Å². The summed E-state index contributed by atoms with van der Waals surface area (Å²) < 4.78 is 10.8. The van der Waals surface area contributed by atoms with E-state index in [0.717, 1.165) is 0 Å². The van der Waals surface area contributed by atoms with Crippen LogP contribution in [0, 0.1) is 0 Å². The largest absolute Gasteiger partial charge is 0.506 e. The van der Waals surface area contributed by atoms with E-state index in [1.54, 1.807) is 6.07 Å². The molecule has 2 N–H and O–H groups in total. The van der Waals surface area contributed by atoms with Crippen LogP contribution in [-0.4, -0.2) is 31.2 Å². The molecule has 19 heavy (non-hydrogen) atoms. The lowest BCUT2D eigenvalue weighted by atomic mass is 10.2. The third-order valence-corrected chi connectivity index (χ3v) is 2.95. The van der Waals surface area contributed by atoms with Gasteiger partial charge in [0.05, 0.1) is 5.02 Å². The van der Waals surface area contributed by atoms with E-state index in [1.807, 2.05) is 13.8 Å². The summed E-state index contributed by atoms with van der Waals surface area (Å²) in [7, 11) is 0. The van der Waals surface area contributed by atoms with Crippen LogP contribution in [-0.2, 0) is 16.0 Å². The Labute approximate surface area is 123 Å². The van der Waals surface area contributed by atoms with Crippen molar-refractivity contribution in [1.29, 1.82) is 0 Å². The molecule has 1 aromatic rings. The van der Waals surface area contributed by atoms with Crippen LogP contribution in [0.2, 0.25) is 10.0 Å². The molecule has 0 atom stereocenters. The van der Waals surface area contributed by atoms with Gasteiger partial charge in [-0.1, -0.05) is 23.2 Å². The smallest absolute Gasteiger partial charge is 0.169 e. The predicted molar refractivity (Wildman–Crippen MR) is 76.9 cm³/mol. The zero-order valence-corrected chi connectivity index (χ0v) is 12.6. The SMILES string of the molecule is CCOC(CNCc1cc(Cl)cc(Cl)c1O)OCC. The normalized spacial score (nSPS) is 11.2. The first-order valence-electron chi connectivity index (χ1n) is 6.19. The number of aromatic hydroxyl groups is 1. The predicted octanol–water partition coefficient (Wildman–Crippen LogP) is 3.19. The van der Waals surface area contributed by atoms with E-state index in [-0.39, 0.29) is 17.1 Å². The molecular weight excluding hydrogens is 289 g/mol. The van der Waals surface area contributed by atoms with Gasteiger partial charge in [-0.2, -0.15) is 0 Å². The second-order valence-corrected chi connectivity index (χ2v) is 4.71. The minimum atomic E-state index is -0.299. The average molecular weight is 308 g/mol. The topological polar surface area (TPSA) is 50.7 Å². The summed E-state index contributed by atoms with van der Waals surface area (Å²) in [6.45, 7) is 5.94. The molecule has 0 aliphatic rings. The lowest BCUT2D eigenvalue weighted by Gasteiger charge is -2.17. The third kappa shape index (κ3) is 5.55. The molecule has 0 saturated heterocycles. The lowest BCUT2D eigenvalue weighted by molar-refractivity contribution is -0.133. The van der Waals surface area contributed by atoms with Gasteiger partial charge in [0.15, 0.2) is 6.29 Å². The third-order valence-electron chi connectivity index (χ3n) is 2.44. The fourth-order valence-electron chi connectivity index (χ4n) is 1.62. The van der Waals surface area contributed by atoms with Gasteiger partial charge in [-0.05, 0) is 26.0 Å². The van der Waals surface area contributed by atoms with Crippen molar-refractivity contribution in [1.82, 2.24) is 5.32 Å². The summed E-state index contributed by atoms with van der Waals surface area (Å²) in [6, 6.07) is 3.18. The number of ether oxygens (including phenoxy) is 2. The first-order chi connectivity index (χ1) is 9.08. The summed E-state index contributed by atoms with van der Waals surface area (Å²) in [5.74, 6) is 0.0444. The zero-order valence-electron chi connectivity index (χ0n) is 11.1. The molecule has 0 bridgehead atoms. The Kier molecular flexibility index (Phi) is 7.49. The van der Waals surface area contributed by atoms with Crippen molar-refractivity contribution in [3.8, 4) is 5.75 Å². The Morgan fingerprint density at radius 1 is 1.21 bits per heavy atom. The number of halogens is 2. The quantitative estimate of drug-likeness (QED) is 0.724. The molecule has 0 saturated carbocycles. The summed E-state index contributed by atoms with van der Waals surface area (Å²) in [5.41, 5.74) is 0.643. The van der Waals surface area contributed by atoms with Crippen LogP contribution in [0.5, 0.6) is 5.75 Å². The molecule has 1 aromatic carbocycles. The van der Waals surface area contributed by atoms with Gasteiger partial charge in [-0.25, -0.2) is 0 Å². The Hall–Kier alpha value is -0.520. The van der Waals surface area contributed by atoms with Crippen molar-refractivity contribution in [3.05, 3.63) is 27.7 Å². The molecule has 0 spiro atoms. The number of hydrogen-bond donors (Lipinski definition) is 2. The van der Waals surface area contributed by atoms with Crippen molar-refractivity contribution in [3.63, 3.8) is 0 Å². The first kappa shape index (κ1) is 16.5. The van der Waals surface area contributed by atoms with Crippen molar-refractivity contribution < 1.29 is 14.6 Å². The average Bonchev–Trinajstić information content (AvgIpc) is 2.35. The standard InChI is InChI=1S/C13H19Cl2NO3/c1-3-18-12(19-4-2)8-16-7-9-5-10(14)6-11(15)13(9)17/h5-6,12,16-17H,3-4,7-8H2,1-2H3.